The summed E-state index contributed by atoms with van der Waals surface area (Å²) in [4.78, 5) is 76.6. The van der Waals surface area contributed by atoms with E-state index >= 15 is 0 Å². The van der Waals surface area contributed by atoms with Gasteiger partial charge in [-0.15, -0.1) is 0 Å². The van der Waals surface area contributed by atoms with Gasteiger partial charge in [0.05, 0.1) is 21.7 Å². The molecule has 9 rings (SSSR count). The number of rotatable bonds is 5. The molecular formula is C44H46ClN7O5. The molecular weight excluding hydrogens is 742 g/mol. The number of carbonyl (C=O) groups is 5. The third-order valence-corrected chi connectivity index (χ3v) is 14.0. The number of likely N-dealkylation sites (tertiary alicyclic amines) is 2. The molecule has 6 heterocycles. The van der Waals surface area contributed by atoms with E-state index < -0.39 is 23.8 Å². The highest BCUT2D eigenvalue weighted by molar-refractivity contribution is 6.32. The van der Waals surface area contributed by atoms with E-state index in [-0.39, 0.29) is 36.1 Å². The largest absolute Gasteiger partial charge is 0.371 e. The summed E-state index contributed by atoms with van der Waals surface area (Å²) in [6.07, 6.45) is 5.25. The van der Waals surface area contributed by atoms with Gasteiger partial charge in [0.2, 0.25) is 5.91 Å². The molecule has 2 atom stereocenters. The van der Waals surface area contributed by atoms with E-state index in [1.807, 2.05) is 47.4 Å². The first-order chi connectivity index (χ1) is 27.4. The highest BCUT2D eigenvalue weighted by Crippen LogP contribution is 2.46. The lowest BCUT2D eigenvalue weighted by molar-refractivity contribution is -0.149. The van der Waals surface area contributed by atoms with Crippen molar-refractivity contribution in [2.45, 2.75) is 83.1 Å². The summed E-state index contributed by atoms with van der Waals surface area (Å²) in [6.45, 7) is 7.82. The zero-order chi connectivity index (χ0) is 39.7. The molecule has 6 aliphatic heterocycles. The molecule has 1 spiro atoms. The van der Waals surface area contributed by atoms with Gasteiger partial charge >= 0.3 is 0 Å². The molecule has 1 unspecified atom stereocenters. The molecule has 6 aliphatic rings. The van der Waals surface area contributed by atoms with Crippen LogP contribution in [-0.2, 0) is 22.7 Å². The summed E-state index contributed by atoms with van der Waals surface area (Å²) in [6, 6.07) is 19.3. The van der Waals surface area contributed by atoms with Crippen LogP contribution in [0.5, 0.6) is 0 Å². The molecule has 0 radical (unpaired) electrons. The number of nitriles is 1. The Kier molecular flexibility index (Phi) is 9.36. The summed E-state index contributed by atoms with van der Waals surface area (Å²) < 4.78 is 0. The smallest absolute Gasteiger partial charge is 0.262 e. The van der Waals surface area contributed by atoms with Gasteiger partial charge in [0.15, 0.2) is 0 Å². The van der Waals surface area contributed by atoms with Gasteiger partial charge in [-0.1, -0.05) is 11.6 Å². The number of carbonyl (C=O) groups excluding carboxylic acids is 5. The van der Waals surface area contributed by atoms with E-state index in [0.717, 1.165) is 84.0 Å². The third-order valence-electron chi connectivity index (χ3n) is 13.7. The molecule has 12 nitrogen and oxygen atoms in total. The van der Waals surface area contributed by atoms with Crippen molar-refractivity contribution < 1.29 is 24.0 Å². The molecule has 294 valence electrons. The standard InChI is InChI=1S/C44H46ClN7O5/c1-27-22-44(26-51(27)34-8-5-29(23-46)37(45)21-34)13-17-48(18-14-44)32-6-3-28(4-7-32)40(54)49-15-11-33(12-16-49)50-24-30-19-35-36(20-31(30)25-50)42(56)52(41(35)55)38-9-10-39(53)47(2)43(38)57/h3-8,19-21,27,33,38H,9-18,22,24-26H2,1-2H3/t27-,38?/m0/s1. The van der Waals surface area contributed by atoms with Gasteiger partial charge in [-0.2, -0.15) is 5.26 Å². The molecule has 0 saturated carbocycles. The van der Waals surface area contributed by atoms with Crippen LogP contribution in [0.3, 0.4) is 0 Å². The van der Waals surface area contributed by atoms with Crippen molar-refractivity contribution in [1.82, 2.24) is 19.6 Å². The van der Waals surface area contributed by atoms with Crippen LogP contribution in [0.15, 0.2) is 54.6 Å². The number of fused-ring (bicyclic) bond motifs is 2. The minimum Gasteiger partial charge on any atom is -0.371 e. The second-order valence-corrected chi connectivity index (χ2v) is 17.3. The van der Waals surface area contributed by atoms with Crippen LogP contribution in [0.25, 0.3) is 0 Å². The van der Waals surface area contributed by atoms with Crippen molar-refractivity contribution in [1.29, 1.82) is 5.26 Å². The van der Waals surface area contributed by atoms with E-state index in [4.69, 9.17) is 11.6 Å². The fourth-order valence-electron chi connectivity index (χ4n) is 10.3. The quantitative estimate of drug-likeness (QED) is 0.310. The molecule has 3 aromatic rings. The fourth-order valence-corrected chi connectivity index (χ4v) is 10.5. The Balaban J connectivity index is 0.767. The summed E-state index contributed by atoms with van der Waals surface area (Å²) in [5.74, 6) is -1.72. The number of amides is 5. The average molecular weight is 788 g/mol. The summed E-state index contributed by atoms with van der Waals surface area (Å²) in [5, 5.41) is 9.79. The fraction of sp³-hybridized carbons (Fsp3) is 0.455. The van der Waals surface area contributed by atoms with Crippen LogP contribution in [0, 0.1) is 16.7 Å². The second kappa shape index (κ2) is 14.3. The molecule has 4 fully saturated rings. The number of nitrogens with zero attached hydrogens (tertiary/aromatic N) is 7. The Morgan fingerprint density at radius 2 is 1.47 bits per heavy atom. The van der Waals surface area contributed by atoms with Gasteiger partial charge in [-0.25, -0.2) is 0 Å². The van der Waals surface area contributed by atoms with Crippen molar-refractivity contribution in [3.63, 3.8) is 0 Å². The molecule has 0 aliphatic carbocycles. The number of piperidine rings is 3. The molecule has 0 N–H and O–H groups in total. The van der Waals surface area contributed by atoms with Crippen LogP contribution in [-0.4, -0.2) is 107 Å². The van der Waals surface area contributed by atoms with Gasteiger partial charge in [-0.3, -0.25) is 38.7 Å². The van der Waals surface area contributed by atoms with Crippen LogP contribution < -0.4 is 9.80 Å². The zero-order valence-corrected chi connectivity index (χ0v) is 33.1. The maximum absolute atomic E-state index is 13.6. The predicted molar refractivity (Wildman–Crippen MR) is 214 cm³/mol. The number of benzene rings is 3. The minimum absolute atomic E-state index is 0.0512. The van der Waals surface area contributed by atoms with Gasteiger partial charge in [0.25, 0.3) is 23.6 Å². The average Bonchev–Trinajstić information content (AvgIpc) is 3.87. The number of anilines is 2. The third kappa shape index (κ3) is 6.45. The van der Waals surface area contributed by atoms with Gasteiger partial charge < -0.3 is 14.7 Å². The maximum atomic E-state index is 13.6. The van der Waals surface area contributed by atoms with Crippen LogP contribution in [0.4, 0.5) is 11.4 Å². The Morgan fingerprint density at radius 3 is 2.09 bits per heavy atom. The molecule has 5 amide bonds. The van der Waals surface area contributed by atoms with E-state index in [9.17, 15) is 29.2 Å². The second-order valence-electron chi connectivity index (χ2n) is 16.9. The minimum atomic E-state index is -0.961. The molecule has 3 aromatic carbocycles. The van der Waals surface area contributed by atoms with Gasteiger partial charge in [0, 0.05) is 88.3 Å². The first-order valence-corrected chi connectivity index (χ1v) is 20.5. The highest BCUT2D eigenvalue weighted by atomic mass is 35.5. The molecule has 13 heteroatoms. The van der Waals surface area contributed by atoms with E-state index in [0.29, 0.717) is 59.5 Å². The van der Waals surface area contributed by atoms with Crippen molar-refractivity contribution in [3.8, 4) is 6.07 Å². The molecule has 0 aromatic heterocycles. The Hall–Kier alpha value is -5.25. The van der Waals surface area contributed by atoms with Crippen molar-refractivity contribution >= 4 is 52.5 Å². The number of imide groups is 2. The molecule has 57 heavy (non-hydrogen) atoms. The normalized spacial score (nSPS) is 23.8. The molecule has 0 bridgehead atoms. The van der Waals surface area contributed by atoms with E-state index in [1.165, 1.54) is 7.05 Å². The SMILES string of the molecule is C[C@H]1CC2(CCN(c3ccc(C(=O)N4CCC(N5Cc6cc7c(cc6C5)C(=O)N(C5CCC(=O)N(C)C5=O)C7=O)CC4)cc3)CC2)CN1c1ccc(C#N)c(Cl)c1. The molecule has 4 saturated heterocycles. The lowest BCUT2D eigenvalue weighted by atomic mass is 9.76. The summed E-state index contributed by atoms with van der Waals surface area (Å²) >= 11 is 6.38. The Morgan fingerprint density at radius 1 is 0.842 bits per heavy atom. The number of hydrogen-bond donors (Lipinski definition) is 0. The van der Waals surface area contributed by atoms with Crippen LogP contribution in [0.2, 0.25) is 5.02 Å². The monoisotopic (exact) mass is 787 g/mol. The summed E-state index contributed by atoms with van der Waals surface area (Å²) in [7, 11) is 1.39. The van der Waals surface area contributed by atoms with Crippen LogP contribution in [0.1, 0.15) is 99.6 Å². The highest BCUT2D eigenvalue weighted by Gasteiger charge is 2.47. The maximum Gasteiger partial charge on any atom is 0.262 e. The first-order valence-electron chi connectivity index (χ1n) is 20.1. The van der Waals surface area contributed by atoms with Gasteiger partial charge in [0.1, 0.15) is 12.1 Å². The predicted octanol–water partition coefficient (Wildman–Crippen LogP) is 5.46. The zero-order valence-electron chi connectivity index (χ0n) is 32.4. The number of halogens is 1. The summed E-state index contributed by atoms with van der Waals surface area (Å²) in [5.41, 5.74) is 6.34. The lowest BCUT2D eigenvalue weighted by Gasteiger charge is -2.40. The van der Waals surface area contributed by atoms with Gasteiger partial charge in [-0.05, 0) is 117 Å². The van der Waals surface area contributed by atoms with E-state index in [2.05, 4.69) is 39.8 Å². The number of likely N-dealkylation sites (N-methyl/N-ethyl adjacent to an activating group) is 1. The Labute approximate surface area is 337 Å². The van der Waals surface area contributed by atoms with Crippen molar-refractivity contribution in [2.75, 3.05) is 49.6 Å². The lowest BCUT2D eigenvalue weighted by Crippen LogP contribution is -2.54. The Bertz CT molecular complexity index is 2190. The van der Waals surface area contributed by atoms with Crippen molar-refractivity contribution in [3.05, 3.63) is 93.0 Å². The first kappa shape index (κ1) is 37.3. The van der Waals surface area contributed by atoms with Crippen molar-refractivity contribution in [2.24, 2.45) is 5.41 Å². The number of hydrogen-bond acceptors (Lipinski definition) is 9. The van der Waals surface area contributed by atoms with E-state index in [1.54, 1.807) is 0 Å². The topological polar surface area (TPSA) is 129 Å². The van der Waals surface area contributed by atoms with Crippen LogP contribution >= 0.6 is 11.6 Å².